The summed E-state index contributed by atoms with van der Waals surface area (Å²) in [4.78, 5) is 0. The summed E-state index contributed by atoms with van der Waals surface area (Å²) in [5.41, 5.74) is 2.18. The lowest BCUT2D eigenvalue weighted by molar-refractivity contribution is 1.07. The molecule has 0 atom stereocenters. The topological polar surface area (TPSA) is 64.1 Å². The number of hydrogen-bond acceptors (Lipinski definition) is 4. The van der Waals surface area contributed by atoms with E-state index >= 15 is 0 Å². The smallest absolute Gasteiger partial charge is 0.162 e. The van der Waals surface area contributed by atoms with Crippen LogP contribution in [0, 0.1) is 0 Å². The van der Waals surface area contributed by atoms with Gasteiger partial charge in [0, 0.05) is 0 Å². The van der Waals surface area contributed by atoms with E-state index < -0.39 is 0 Å². The Balaban J connectivity index is 2.99. The Hall–Kier alpha value is 0.160. The van der Waals surface area contributed by atoms with E-state index in [-0.39, 0.29) is 0 Å². The number of rotatable bonds is 0. The highest BCUT2D eigenvalue weighted by Gasteiger charge is 1.80. The molecule has 5 heteroatoms. The first-order valence-corrected chi connectivity index (χ1v) is 2.47. The molecule has 0 heterocycles. The van der Waals surface area contributed by atoms with Crippen LogP contribution in [-0.2, 0) is 0 Å². The van der Waals surface area contributed by atoms with Crippen LogP contribution in [0.4, 0.5) is 0 Å². The molecule has 36 valence electrons. The van der Waals surface area contributed by atoms with Crippen molar-refractivity contribution in [3.05, 3.63) is 0 Å². The highest BCUT2D eigenvalue weighted by atomic mass is 32.2. The molecule has 0 aromatic heterocycles. The Bertz CT molecular complexity index is 46.8. The lowest BCUT2D eigenvalue weighted by atomic mass is 11.5. The van der Waals surface area contributed by atoms with Crippen LogP contribution in [0.25, 0.3) is 0 Å². The van der Waals surface area contributed by atoms with Crippen molar-refractivity contribution >= 4 is 28.5 Å². The zero-order valence-corrected chi connectivity index (χ0v) is 4.60. The molecular weight excluding hydrogens is 118 g/mol. The van der Waals surface area contributed by atoms with Gasteiger partial charge < -0.3 is 5.43 Å². The second-order valence-electron chi connectivity index (χ2n) is 0.550. The number of hydrazine groups is 1. The molecule has 0 fully saturated rings. The largest absolute Gasteiger partial charge is 0.308 e. The molecule has 6 heavy (non-hydrogen) atoms. The van der Waals surface area contributed by atoms with Crippen LogP contribution < -0.4 is 16.4 Å². The van der Waals surface area contributed by atoms with Crippen LogP contribution in [0.15, 0.2) is 0 Å². The fourth-order valence-electron chi connectivity index (χ4n) is 0.0340. The van der Waals surface area contributed by atoms with E-state index in [1.807, 2.05) is 0 Å². The molecule has 3 nitrogen and oxygen atoms in total. The molecule has 0 saturated carbocycles. The quantitative estimate of drug-likeness (QED) is 0.173. The Kier molecular flexibility index (Phi) is 3.44. The molecule has 0 rings (SSSR count). The van der Waals surface area contributed by atoms with Crippen molar-refractivity contribution in [2.24, 2.45) is 11.0 Å². The van der Waals surface area contributed by atoms with Gasteiger partial charge in [0.15, 0.2) is 4.32 Å². The molecule has 0 aromatic carbocycles. The molecule has 0 aliphatic carbocycles. The minimum atomic E-state index is 0.398. The number of thiocarbonyl (C=S) groups is 1. The number of nitrogens with two attached hydrogens (primary N) is 2. The van der Waals surface area contributed by atoms with Crippen molar-refractivity contribution < 1.29 is 0 Å². The molecule has 5 N–H and O–H groups in total. The number of nitrogens with one attached hydrogen (secondary N) is 1. The molecule has 0 unspecified atom stereocenters. The summed E-state index contributed by atoms with van der Waals surface area (Å²) in [6.07, 6.45) is 0. The van der Waals surface area contributed by atoms with Crippen LogP contribution in [0.5, 0.6) is 0 Å². The van der Waals surface area contributed by atoms with Gasteiger partial charge in [0.1, 0.15) is 0 Å². The zero-order valence-electron chi connectivity index (χ0n) is 2.97. The summed E-state index contributed by atoms with van der Waals surface area (Å²) in [5, 5.41) is 4.92. The summed E-state index contributed by atoms with van der Waals surface area (Å²) in [6, 6.07) is 0. The van der Waals surface area contributed by atoms with Crippen molar-refractivity contribution in [1.29, 1.82) is 0 Å². The Morgan fingerprint density at radius 1 is 1.83 bits per heavy atom. The van der Waals surface area contributed by atoms with Crippen LogP contribution >= 0.6 is 24.2 Å². The van der Waals surface area contributed by atoms with Crippen LogP contribution in [-0.4, -0.2) is 4.32 Å². The maximum Gasteiger partial charge on any atom is 0.162 e. The van der Waals surface area contributed by atoms with Gasteiger partial charge in [-0.15, -0.1) is 0 Å². The van der Waals surface area contributed by atoms with Crippen molar-refractivity contribution in [1.82, 2.24) is 5.43 Å². The second kappa shape index (κ2) is 3.35. The lowest BCUT2D eigenvalue weighted by Gasteiger charge is -1.90. The van der Waals surface area contributed by atoms with Crippen LogP contribution in [0.1, 0.15) is 0 Å². The van der Waals surface area contributed by atoms with E-state index in [2.05, 4.69) is 17.6 Å². The maximum atomic E-state index is 4.92. The standard InChI is InChI=1S/CH5N3S2/c2-4-1(5)6-3/h2-3H2,(H,4,5). The van der Waals surface area contributed by atoms with Crippen molar-refractivity contribution in [2.75, 3.05) is 0 Å². The van der Waals surface area contributed by atoms with Gasteiger partial charge in [0.25, 0.3) is 0 Å². The first-order chi connectivity index (χ1) is 2.81. The minimum absolute atomic E-state index is 0.398. The van der Waals surface area contributed by atoms with Gasteiger partial charge in [0.05, 0.1) is 0 Å². The van der Waals surface area contributed by atoms with Crippen molar-refractivity contribution in [2.45, 2.75) is 0 Å². The van der Waals surface area contributed by atoms with Gasteiger partial charge >= 0.3 is 0 Å². The molecule has 0 spiro atoms. The maximum absolute atomic E-state index is 4.92. The third kappa shape index (κ3) is 2.40. The summed E-state index contributed by atoms with van der Waals surface area (Å²) in [5.74, 6) is 4.79. The third-order valence-corrected chi connectivity index (χ3v) is 0.963. The highest BCUT2D eigenvalue weighted by molar-refractivity contribution is 8.21. The van der Waals surface area contributed by atoms with Gasteiger partial charge in [-0.3, -0.25) is 5.14 Å². The van der Waals surface area contributed by atoms with E-state index in [1.165, 1.54) is 0 Å². The van der Waals surface area contributed by atoms with E-state index in [0.29, 0.717) is 4.32 Å². The molecular formula is CH5N3S2. The van der Waals surface area contributed by atoms with Crippen LogP contribution in [0.2, 0.25) is 0 Å². The van der Waals surface area contributed by atoms with E-state index in [1.54, 1.807) is 0 Å². The average Bonchev–Trinajstić information content (AvgIpc) is 1.65. The predicted octanol–water partition coefficient (Wildman–Crippen LogP) is -0.659. The zero-order chi connectivity index (χ0) is 4.99. The summed E-state index contributed by atoms with van der Waals surface area (Å²) < 4.78 is 0.398. The highest BCUT2D eigenvalue weighted by Crippen LogP contribution is 1.82. The Morgan fingerprint density at radius 2 is 2.33 bits per heavy atom. The van der Waals surface area contributed by atoms with Gasteiger partial charge in [0.2, 0.25) is 0 Å². The summed E-state index contributed by atoms with van der Waals surface area (Å²) in [6.45, 7) is 0. The molecule has 0 amide bonds. The minimum Gasteiger partial charge on any atom is -0.308 e. The Morgan fingerprint density at radius 3 is 2.33 bits per heavy atom. The molecule has 0 bridgehead atoms. The SMILES string of the molecule is NNC(=S)SN. The molecule has 0 aliphatic heterocycles. The second-order valence-corrected chi connectivity index (χ2v) is 1.86. The first kappa shape index (κ1) is 6.16. The lowest BCUT2D eigenvalue weighted by Crippen LogP contribution is -2.26. The monoisotopic (exact) mass is 123 g/mol. The molecule has 0 saturated heterocycles. The predicted molar refractivity (Wildman–Crippen MR) is 31.7 cm³/mol. The fraction of sp³-hybridized carbons (Fsp3) is 0. The van der Waals surface area contributed by atoms with Gasteiger partial charge in [-0.1, -0.05) is 12.2 Å². The molecule has 0 aromatic rings. The molecule has 0 aliphatic rings. The number of hydrogen-bond donors (Lipinski definition) is 3. The van der Waals surface area contributed by atoms with Crippen LogP contribution in [0.3, 0.4) is 0 Å². The fourth-order valence-corrected chi connectivity index (χ4v) is 0.102. The van der Waals surface area contributed by atoms with E-state index in [0.717, 1.165) is 11.9 Å². The normalized spacial score (nSPS) is 7.67. The Labute approximate surface area is 45.6 Å². The average molecular weight is 123 g/mol. The first-order valence-electron chi connectivity index (χ1n) is 1.18. The van der Waals surface area contributed by atoms with E-state index in [4.69, 9.17) is 11.0 Å². The van der Waals surface area contributed by atoms with Crippen molar-refractivity contribution in [3.8, 4) is 0 Å². The van der Waals surface area contributed by atoms with Gasteiger partial charge in [-0.05, 0) is 11.9 Å². The summed E-state index contributed by atoms with van der Waals surface area (Å²) >= 11 is 5.38. The van der Waals surface area contributed by atoms with Crippen molar-refractivity contribution in [3.63, 3.8) is 0 Å². The molecule has 0 radical (unpaired) electrons. The van der Waals surface area contributed by atoms with E-state index in [9.17, 15) is 0 Å². The van der Waals surface area contributed by atoms with Gasteiger partial charge in [-0.25, -0.2) is 5.84 Å². The summed E-state index contributed by atoms with van der Waals surface area (Å²) in [7, 11) is 0. The third-order valence-electron chi connectivity index (χ3n) is 0.225. The van der Waals surface area contributed by atoms with Gasteiger partial charge in [-0.2, -0.15) is 0 Å².